The van der Waals surface area contributed by atoms with E-state index in [9.17, 15) is 9.59 Å². The van der Waals surface area contributed by atoms with E-state index in [0.717, 1.165) is 51.4 Å². The Bertz CT molecular complexity index is 522. The molecule has 0 heterocycles. The Morgan fingerprint density at radius 2 is 0.769 bits per heavy atom. The molecule has 0 aliphatic carbocycles. The molecule has 2 N–H and O–H groups in total. The second-order valence-corrected chi connectivity index (χ2v) is 12.0. The van der Waals surface area contributed by atoms with Crippen molar-refractivity contribution in [2.75, 3.05) is 0 Å². The summed E-state index contributed by atoms with van der Waals surface area (Å²) in [6.45, 7) is 2.27. The number of carboxylic acid groups (broad SMARTS) is 1. The third-order valence-electron chi connectivity index (χ3n) is 8.27. The van der Waals surface area contributed by atoms with Crippen molar-refractivity contribution in [3.63, 3.8) is 0 Å². The summed E-state index contributed by atoms with van der Waals surface area (Å²) in [5.41, 5.74) is 0. The van der Waals surface area contributed by atoms with Gasteiger partial charge in [0, 0.05) is 6.42 Å². The predicted molar refractivity (Wildman–Crippen MR) is 164 cm³/mol. The van der Waals surface area contributed by atoms with Gasteiger partial charge in [0.05, 0.1) is 5.92 Å². The highest BCUT2D eigenvalue weighted by Gasteiger charge is 2.19. The van der Waals surface area contributed by atoms with Crippen molar-refractivity contribution < 1.29 is 24.8 Å². The third kappa shape index (κ3) is 29.7. The van der Waals surface area contributed by atoms with Crippen LogP contribution in [-0.4, -0.2) is 22.3 Å². The zero-order valence-electron chi connectivity index (χ0n) is 25.9. The smallest absolute Gasteiger partial charge is 0.345 e. The van der Waals surface area contributed by atoms with Crippen LogP contribution in [0.15, 0.2) is 0 Å². The molecule has 0 aromatic heterocycles. The van der Waals surface area contributed by atoms with Gasteiger partial charge >= 0.3 is 11.9 Å². The van der Waals surface area contributed by atoms with Gasteiger partial charge in [0.2, 0.25) is 0 Å². The highest BCUT2D eigenvalue weighted by Crippen LogP contribution is 2.21. The van der Waals surface area contributed by atoms with Gasteiger partial charge in [-0.1, -0.05) is 174 Å². The van der Waals surface area contributed by atoms with Gasteiger partial charge in [0.25, 0.3) is 0 Å². The van der Waals surface area contributed by atoms with E-state index in [0.29, 0.717) is 6.42 Å². The first-order chi connectivity index (χ1) is 19.1. The molecule has 0 spiro atoms. The summed E-state index contributed by atoms with van der Waals surface area (Å²) in [4.78, 5) is 26.6. The lowest BCUT2D eigenvalue weighted by molar-refractivity contribution is -0.239. The van der Waals surface area contributed by atoms with Crippen molar-refractivity contribution in [1.82, 2.24) is 0 Å². The quantitative estimate of drug-likeness (QED) is 0.0490. The molecule has 0 bridgehead atoms. The van der Waals surface area contributed by atoms with Crippen LogP contribution in [0.1, 0.15) is 200 Å². The molecule has 0 saturated carbocycles. The van der Waals surface area contributed by atoms with Crippen LogP contribution < -0.4 is 0 Å². The molecule has 0 saturated heterocycles. The Hall–Kier alpha value is -1.10. The summed E-state index contributed by atoms with van der Waals surface area (Å²) in [6, 6.07) is 0. The minimum absolute atomic E-state index is 0.142. The minimum Gasteiger partial charge on any atom is -0.481 e. The standard InChI is InChI=1S/C34H66O5/c1-2-3-4-5-6-7-8-9-11-14-17-20-23-26-29-32(34(37)39-38)30-27-24-21-18-15-12-10-13-16-19-22-25-28-31-33(35)36/h32,38H,2-31H2,1H3,(H,35,36). The van der Waals surface area contributed by atoms with Crippen molar-refractivity contribution in [2.24, 2.45) is 5.92 Å². The average Bonchev–Trinajstić information content (AvgIpc) is 2.93. The van der Waals surface area contributed by atoms with Crippen LogP contribution in [0.25, 0.3) is 0 Å². The van der Waals surface area contributed by atoms with Crippen molar-refractivity contribution in [3.8, 4) is 0 Å². The van der Waals surface area contributed by atoms with Crippen LogP contribution >= 0.6 is 0 Å². The summed E-state index contributed by atoms with van der Waals surface area (Å²) in [6.07, 6.45) is 36.1. The van der Waals surface area contributed by atoms with E-state index in [4.69, 9.17) is 10.4 Å². The number of hydrogen-bond acceptors (Lipinski definition) is 4. The third-order valence-corrected chi connectivity index (χ3v) is 8.27. The second-order valence-electron chi connectivity index (χ2n) is 12.0. The maximum atomic E-state index is 12.0. The van der Waals surface area contributed by atoms with Gasteiger partial charge in [0.15, 0.2) is 0 Å². The minimum atomic E-state index is -0.678. The number of carboxylic acids is 1. The van der Waals surface area contributed by atoms with E-state index < -0.39 is 11.9 Å². The Morgan fingerprint density at radius 3 is 1.05 bits per heavy atom. The van der Waals surface area contributed by atoms with Crippen molar-refractivity contribution in [3.05, 3.63) is 0 Å². The number of unbranched alkanes of at least 4 members (excludes halogenated alkanes) is 25. The Morgan fingerprint density at radius 1 is 0.487 bits per heavy atom. The zero-order chi connectivity index (χ0) is 28.7. The Kier molecular flexibility index (Phi) is 30.5. The van der Waals surface area contributed by atoms with Crippen molar-refractivity contribution in [2.45, 2.75) is 200 Å². The van der Waals surface area contributed by atoms with Crippen LogP contribution in [0, 0.1) is 5.92 Å². The van der Waals surface area contributed by atoms with Gasteiger partial charge < -0.3 is 9.99 Å². The van der Waals surface area contributed by atoms with Gasteiger partial charge in [-0.05, 0) is 19.3 Å². The molecule has 0 aliphatic heterocycles. The van der Waals surface area contributed by atoms with Crippen LogP contribution in [0.2, 0.25) is 0 Å². The molecule has 39 heavy (non-hydrogen) atoms. The number of carbonyl (C=O) groups excluding carboxylic acids is 1. The van der Waals surface area contributed by atoms with Gasteiger partial charge in [-0.15, -0.1) is 0 Å². The van der Waals surface area contributed by atoms with E-state index in [1.807, 2.05) is 0 Å². The van der Waals surface area contributed by atoms with E-state index in [1.54, 1.807) is 0 Å². The zero-order valence-corrected chi connectivity index (χ0v) is 25.9. The number of hydrogen-bond donors (Lipinski definition) is 2. The molecule has 0 aromatic rings. The number of rotatable bonds is 32. The molecular formula is C34H66O5. The summed E-state index contributed by atoms with van der Waals surface area (Å²) in [7, 11) is 0. The molecule has 0 amide bonds. The normalized spacial score (nSPS) is 12.1. The first-order valence-corrected chi connectivity index (χ1v) is 17.2. The van der Waals surface area contributed by atoms with E-state index in [1.165, 1.54) is 135 Å². The van der Waals surface area contributed by atoms with Crippen LogP contribution in [0.4, 0.5) is 0 Å². The Balaban J connectivity index is 3.51. The fraction of sp³-hybridized carbons (Fsp3) is 0.941. The van der Waals surface area contributed by atoms with Crippen LogP contribution in [-0.2, 0) is 14.5 Å². The Labute approximate surface area is 242 Å². The fourth-order valence-electron chi connectivity index (χ4n) is 5.65. The lowest BCUT2D eigenvalue weighted by atomic mass is 9.94. The lowest BCUT2D eigenvalue weighted by Gasteiger charge is -2.13. The second kappa shape index (κ2) is 31.4. The molecule has 5 heteroatoms. The predicted octanol–water partition coefficient (Wildman–Crippen LogP) is 11.4. The van der Waals surface area contributed by atoms with Crippen LogP contribution in [0.5, 0.6) is 0 Å². The number of aliphatic carboxylic acids is 1. The SMILES string of the molecule is CCCCCCCCCCCCCCCCC(CCCCCCCCCCCCCCCC(=O)O)C(=O)OO. The van der Waals surface area contributed by atoms with Gasteiger partial charge in [-0.25, -0.2) is 4.79 Å². The maximum absolute atomic E-state index is 12.0. The van der Waals surface area contributed by atoms with Crippen molar-refractivity contribution in [1.29, 1.82) is 0 Å². The highest BCUT2D eigenvalue weighted by atomic mass is 17.1. The van der Waals surface area contributed by atoms with E-state index in [-0.39, 0.29) is 5.92 Å². The van der Waals surface area contributed by atoms with Crippen LogP contribution in [0.3, 0.4) is 0 Å². The first-order valence-electron chi connectivity index (χ1n) is 17.2. The fourth-order valence-corrected chi connectivity index (χ4v) is 5.65. The van der Waals surface area contributed by atoms with E-state index >= 15 is 0 Å². The number of carbonyl (C=O) groups is 2. The molecule has 232 valence electrons. The van der Waals surface area contributed by atoms with Gasteiger partial charge in [0.1, 0.15) is 0 Å². The van der Waals surface area contributed by atoms with Gasteiger partial charge in [-0.2, -0.15) is 5.26 Å². The molecule has 1 atom stereocenters. The monoisotopic (exact) mass is 554 g/mol. The molecule has 0 aliphatic rings. The molecule has 0 radical (unpaired) electrons. The summed E-state index contributed by atoms with van der Waals surface area (Å²) in [5.74, 6) is -1.26. The molecule has 0 rings (SSSR count). The summed E-state index contributed by atoms with van der Waals surface area (Å²) < 4.78 is 0. The summed E-state index contributed by atoms with van der Waals surface area (Å²) >= 11 is 0. The molecule has 5 nitrogen and oxygen atoms in total. The maximum Gasteiger partial charge on any atom is 0.345 e. The summed E-state index contributed by atoms with van der Waals surface area (Å²) in [5, 5.41) is 17.5. The van der Waals surface area contributed by atoms with Crippen molar-refractivity contribution >= 4 is 11.9 Å². The molecular weight excluding hydrogens is 488 g/mol. The van der Waals surface area contributed by atoms with E-state index in [2.05, 4.69) is 11.8 Å². The molecule has 0 fully saturated rings. The highest BCUT2D eigenvalue weighted by molar-refractivity contribution is 5.71. The first kappa shape index (κ1) is 37.9. The largest absolute Gasteiger partial charge is 0.481 e. The lowest BCUT2D eigenvalue weighted by Crippen LogP contribution is -2.16. The molecule has 1 unspecified atom stereocenters. The average molecular weight is 555 g/mol. The van der Waals surface area contributed by atoms with Gasteiger partial charge in [-0.3, -0.25) is 4.79 Å². The topological polar surface area (TPSA) is 83.8 Å². The molecule has 0 aromatic carbocycles.